The number of hydrogen-bond acceptors (Lipinski definition) is 4. The van der Waals surface area contributed by atoms with Gasteiger partial charge in [-0.1, -0.05) is 6.08 Å². The lowest BCUT2D eigenvalue weighted by molar-refractivity contribution is 0.660. The number of hydrogen-bond donors (Lipinski definition) is 1. The van der Waals surface area contributed by atoms with Crippen LogP contribution >= 0.6 is 11.8 Å². The van der Waals surface area contributed by atoms with Gasteiger partial charge in [0.05, 0.1) is 0 Å². The zero-order chi connectivity index (χ0) is 11.4. The monoisotopic (exact) mass is 223 g/mol. The van der Waals surface area contributed by atoms with Crippen LogP contribution in [0, 0.1) is 11.3 Å². The van der Waals surface area contributed by atoms with Crippen molar-refractivity contribution in [2.75, 3.05) is 6.26 Å². The highest BCUT2D eigenvalue weighted by molar-refractivity contribution is 7.98. The zero-order valence-corrected chi connectivity index (χ0v) is 8.93. The molecule has 0 aliphatic rings. The van der Waals surface area contributed by atoms with Crippen molar-refractivity contribution >= 4 is 11.8 Å². The lowest BCUT2D eigenvalue weighted by atomic mass is 10.3. The highest BCUT2D eigenvalue weighted by atomic mass is 32.2. The Hall–Kier alpha value is -1.74. The summed E-state index contributed by atoms with van der Waals surface area (Å²) in [6, 6.07) is 1.78. The van der Waals surface area contributed by atoms with Crippen LogP contribution in [-0.2, 0) is 6.54 Å². The minimum atomic E-state index is -0.646. The van der Waals surface area contributed by atoms with E-state index in [4.69, 9.17) is 5.26 Å². The van der Waals surface area contributed by atoms with Crippen LogP contribution in [0.2, 0.25) is 0 Å². The van der Waals surface area contributed by atoms with Gasteiger partial charge in [-0.2, -0.15) is 5.26 Å². The SMILES string of the molecule is C=CCn1c(SC)c(C#N)c(=O)[nH]c1=O. The first kappa shape index (κ1) is 11.3. The Labute approximate surface area is 90.1 Å². The van der Waals surface area contributed by atoms with E-state index in [0.29, 0.717) is 5.03 Å². The smallest absolute Gasteiger partial charge is 0.283 e. The molecule has 1 aromatic rings. The van der Waals surface area contributed by atoms with Crippen molar-refractivity contribution in [2.45, 2.75) is 11.6 Å². The van der Waals surface area contributed by atoms with E-state index in [0.717, 1.165) is 0 Å². The quantitative estimate of drug-likeness (QED) is 0.454. The molecular formula is C9H9N3O2S. The number of rotatable bonds is 3. The normalized spacial score (nSPS) is 9.60. The van der Waals surface area contributed by atoms with Crippen molar-refractivity contribution in [1.29, 1.82) is 5.26 Å². The summed E-state index contributed by atoms with van der Waals surface area (Å²) < 4.78 is 1.30. The van der Waals surface area contributed by atoms with Gasteiger partial charge in [0, 0.05) is 6.54 Å². The highest BCUT2D eigenvalue weighted by Gasteiger charge is 2.12. The van der Waals surface area contributed by atoms with Crippen LogP contribution in [-0.4, -0.2) is 15.8 Å². The minimum Gasteiger partial charge on any atom is -0.283 e. The van der Waals surface area contributed by atoms with Gasteiger partial charge in [-0.05, 0) is 6.26 Å². The largest absolute Gasteiger partial charge is 0.329 e. The molecule has 0 fully saturated rings. The Morgan fingerprint density at radius 3 is 2.80 bits per heavy atom. The molecule has 1 aromatic heterocycles. The first-order valence-electron chi connectivity index (χ1n) is 4.07. The number of nitrogens with one attached hydrogen (secondary N) is 1. The predicted octanol–water partition coefficient (Wildman–Crippen LogP) is 0.316. The number of nitriles is 1. The van der Waals surface area contributed by atoms with Gasteiger partial charge in [0.15, 0.2) is 0 Å². The molecule has 1 N–H and O–H groups in total. The van der Waals surface area contributed by atoms with Crippen molar-refractivity contribution in [1.82, 2.24) is 9.55 Å². The van der Waals surface area contributed by atoms with Gasteiger partial charge in [0.1, 0.15) is 16.7 Å². The van der Waals surface area contributed by atoms with E-state index in [9.17, 15) is 9.59 Å². The molecule has 0 spiro atoms. The Bertz CT molecular complexity index is 536. The van der Waals surface area contributed by atoms with E-state index in [1.54, 1.807) is 12.3 Å². The second-order valence-corrected chi connectivity index (χ2v) is 3.45. The van der Waals surface area contributed by atoms with E-state index in [2.05, 4.69) is 11.6 Å². The molecule has 0 atom stereocenters. The summed E-state index contributed by atoms with van der Waals surface area (Å²) >= 11 is 1.19. The summed E-state index contributed by atoms with van der Waals surface area (Å²) in [5.74, 6) is 0. The number of allylic oxidation sites excluding steroid dienone is 1. The molecule has 0 radical (unpaired) electrons. The second kappa shape index (κ2) is 4.66. The first-order valence-corrected chi connectivity index (χ1v) is 5.30. The van der Waals surface area contributed by atoms with Crippen LogP contribution in [0.15, 0.2) is 27.3 Å². The molecule has 78 valence electrons. The summed E-state index contributed by atoms with van der Waals surface area (Å²) in [6.07, 6.45) is 3.23. The maximum Gasteiger partial charge on any atom is 0.329 e. The Kier molecular flexibility index (Phi) is 3.52. The van der Waals surface area contributed by atoms with Gasteiger partial charge >= 0.3 is 5.69 Å². The maximum absolute atomic E-state index is 11.4. The Morgan fingerprint density at radius 2 is 2.33 bits per heavy atom. The van der Waals surface area contributed by atoms with Crippen LogP contribution in [0.25, 0.3) is 0 Å². The fraction of sp³-hybridized carbons (Fsp3) is 0.222. The van der Waals surface area contributed by atoms with E-state index in [1.807, 2.05) is 0 Å². The number of aromatic nitrogens is 2. The number of aromatic amines is 1. The molecule has 0 saturated heterocycles. The van der Waals surface area contributed by atoms with Crippen LogP contribution in [0.1, 0.15) is 5.56 Å². The van der Waals surface area contributed by atoms with Gasteiger partial charge in [0.25, 0.3) is 5.56 Å². The van der Waals surface area contributed by atoms with Crippen molar-refractivity contribution in [3.8, 4) is 6.07 Å². The van der Waals surface area contributed by atoms with E-state index in [-0.39, 0.29) is 12.1 Å². The Balaban J connectivity index is 3.66. The number of H-pyrrole nitrogens is 1. The standard InChI is InChI=1S/C9H9N3O2S/c1-3-4-12-8(15-2)6(5-10)7(13)11-9(12)14/h3H,1,4H2,2H3,(H,11,13,14). The van der Waals surface area contributed by atoms with Crippen molar-refractivity contribution < 1.29 is 0 Å². The molecule has 0 bridgehead atoms. The molecule has 0 unspecified atom stereocenters. The molecule has 0 aromatic carbocycles. The lowest BCUT2D eigenvalue weighted by Gasteiger charge is -2.08. The first-order chi connectivity index (χ1) is 7.15. The molecule has 0 amide bonds. The Morgan fingerprint density at radius 1 is 1.67 bits per heavy atom. The van der Waals surface area contributed by atoms with Crippen molar-refractivity contribution in [3.05, 3.63) is 39.1 Å². The number of nitrogens with zero attached hydrogens (tertiary/aromatic N) is 2. The third-order valence-electron chi connectivity index (χ3n) is 1.77. The van der Waals surface area contributed by atoms with Gasteiger partial charge in [-0.25, -0.2) is 4.79 Å². The fourth-order valence-electron chi connectivity index (χ4n) is 1.16. The molecule has 0 aliphatic carbocycles. The van der Waals surface area contributed by atoms with Crippen LogP contribution in [0.4, 0.5) is 0 Å². The third-order valence-corrected chi connectivity index (χ3v) is 2.58. The molecule has 0 saturated carbocycles. The van der Waals surface area contributed by atoms with E-state index >= 15 is 0 Å². The topological polar surface area (TPSA) is 78.7 Å². The molecule has 1 heterocycles. The zero-order valence-electron chi connectivity index (χ0n) is 8.11. The van der Waals surface area contributed by atoms with Crippen LogP contribution in [0.3, 0.4) is 0 Å². The molecule has 6 heteroatoms. The average molecular weight is 223 g/mol. The van der Waals surface area contributed by atoms with E-state index in [1.165, 1.54) is 22.4 Å². The fourth-order valence-corrected chi connectivity index (χ4v) is 1.88. The van der Waals surface area contributed by atoms with Crippen molar-refractivity contribution in [2.24, 2.45) is 0 Å². The van der Waals surface area contributed by atoms with E-state index < -0.39 is 11.2 Å². The molecule has 15 heavy (non-hydrogen) atoms. The summed E-state index contributed by atoms with van der Waals surface area (Å²) in [4.78, 5) is 24.8. The summed E-state index contributed by atoms with van der Waals surface area (Å²) in [6.45, 7) is 3.77. The second-order valence-electron chi connectivity index (χ2n) is 2.65. The van der Waals surface area contributed by atoms with Crippen LogP contribution < -0.4 is 11.2 Å². The minimum absolute atomic E-state index is 0.0380. The van der Waals surface area contributed by atoms with Crippen molar-refractivity contribution in [3.63, 3.8) is 0 Å². The maximum atomic E-state index is 11.4. The summed E-state index contributed by atoms with van der Waals surface area (Å²) in [5, 5.41) is 9.16. The van der Waals surface area contributed by atoms with Crippen LogP contribution in [0.5, 0.6) is 0 Å². The van der Waals surface area contributed by atoms with Gasteiger partial charge in [-0.15, -0.1) is 18.3 Å². The summed E-state index contributed by atoms with van der Waals surface area (Å²) in [5.41, 5.74) is -1.21. The summed E-state index contributed by atoms with van der Waals surface area (Å²) in [7, 11) is 0. The lowest BCUT2D eigenvalue weighted by Crippen LogP contribution is -2.32. The van der Waals surface area contributed by atoms with Gasteiger partial charge < -0.3 is 0 Å². The molecule has 5 nitrogen and oxygen atoms in total. The molecular weight excluding hydrogens is 214 g/mol. The van der Waals surface area contributed by atoms with Gasteiger partial charge in [0.2, 0.25) is 0 Å². The average Bonchev–Trinajstić information content (AvgIpc) is 2.21. The molecule has 1 rings (SSSR count). The molecule has 0 aliphatic heterocycles. The van der Waals surface area contributed by atoms with Gasteiger partial charge in [-0.3, -0.25) is 14.3 Å². The third kappa shape index (κ3) is 2.02. The number of thioether (sulfide) groups is 1. The predicted molar refractivity (Wildman–Crippen MR) is 58.0 cm³/mol. The highest BCUT2D eigenvalue weighted by Crippen LogP contribution is 2.14.